The summed E-state index contributed by atoms with van der Waals surface area (Å²) in [5.41, 5.74) is 17.0. The molecule has 2 aromatic heterocycles. The molecule has 0 spiro atoms. The Morgan fingerprint density at radius 1 is 0.208 bits per heavy atom. The van der Waals surface area contributed by atoms with E-state index in [0.717, 1.165) is 0 Å². The summed E-state index contributed by atoms with van der Waals surface area (Å²) in [5.74, 6) is 0. The third-order valence-corrected chi connectivity index (χ3v) is 16.3. The van der Waals surface area contributed by atoms with Crippen LogP contribution in [0.2, 0.25) is 0 Å². The SMILES string of the molecule is C(=Cc1cccc(-c2ccc3cc(-c4ccc5c(-c6cccc(-c7ccc(-c8ccccc8)s7)c6)c6ccccc6c(-c6cccc(-c7ccc(-c8ccccc8)s7)c6)c5c4)ccc3c2)c1)c1ccccc1. The van der Waals surface area contributed by atoms with E-state index in [1.54, 1.807) is 0 Å². The third kappa shape index (κ3) is 8.47. The van der Waals surface area contributed by atoms with Crippen molar-refractivity contribution in [2.75, 3.05) is 0 Å². The summed E-state index contributed by atoms with van der Waals surface area (Å²) in [5, 5.41) is 7.39. The van der Waals surface area contributed by atoms with Gasteiger partial charge in [-0.2, -0.15) is 0 Å². The number of fused-ring (bicyclic) bond motifs is 3. The Morgan fingerprint density at radius 3 is 1.15 bits per heavy atom. The van der Waals surface area contributed by atoms with Crippen LogP contribution in [0, 0.1) is 0 Å². The van der Waals surface area contributed by atoms with Crippen LogP contribution in [0.3, 0.4) is 0 Å². The average Bonchev–Trinajstić information content (AvgIpc) is 4.17. The molecule has 0 N–H and O–H groups in total. The molecule has 338 valence electrons. The Balaban J connectivity index is 0.936. The van der Waals surface area contributed by atoms with Crippen molar-refractivity contribution in [2.24, 2.45) is 0 Å². The van der Waals surface area contributed by atoms with Crippen molar-refractivity contribution < 1.29 is 0 Å². The molecular weight excluding hydrogens is 905 g/mol. The fourth-order valence-corrected chi connectivity index (χ4v) is 12.3. The summed E-state index contributed by atoms with van der Waals surface area (Å²) in [6.07, 6.45) is 4.37. The van der Waals surface area contributed by atoms with E-state index in [2.05, 4.69) is 279 Å². The second kappa shape index (κ2) is 18.9. The fourth-order valence-electron chi connectivity index (χ4n) is 10.3. The highest BCUT2D eigenvalue weighted by atomic mass is 32.1. The minimum atomic E-state index is 1.18. The van der Waals surface area contributed by atoms with Gasteiger partial charge in [-0.15, -0.1) is 22.7 Å². The van der Waals surface area contributed by atoms with Gasteiger partial charge in [-0.1, -0.05) is 218 Å². The van der Waals surface area contributed by atoms with E-state index in [9.17, 15) is 0 Å². The van der Waals surface area contributed by atoms with Crippen LogP contribution in [0.15, 0.2) is 267 Å². The van der Waals surface area contributed by atoms with Gasteiger partial charge in [-0.3, -0.25) is 0 Å². The predicted molar refractivity (Wildman–Crippen MR) is 314 cm³/mol. The quantitative estimate of drug-likeness (QED) is 0.0947. The Labute approximate surface area is 428 Å². The molecule has 0 saturated carbocycles. The second-order valence-corrected chi connectivity index (χ2v) is 20.6. The molecule has 0 unspecified atom stereocenters. The molecule has 0 aliphatic carbocycles. The average molecular weight is 951 g/mol. The molecule has 0 nitrogen and oxygen atoms in total. The molecule has 0 amide bonds. The molecule has 0 saturated heterocycles. The van der Waals surface area contributed by atoms with E-state index < -0.39 is 0 Å². The van der Waals surface area contributed by atoms with Gasteiger partial charge in [0.25, 0.3) is 0 Å². The lowest BCUT2D eigenvalue weighted by molar-refractivity contribution is 1.61. The Morgan fingerprint density at radius 2 is 0.583 bits per heavy atom. The molecule has 0 fully saturated rings. The van der Waals surface area contributed by atoms with Crippen molar-refractivity contribution in [3.63, 3.8) is 0 Å². The van der Waals surface area contributed by atoms with Crippen LogP contribution >= 0.6 is 22.7 Å². The van der Waals surface area contributed by atoms with E-state index in [0.29, 0.717) is 0 Å². The molecule has 13 aromatic rings. The predicted octanol–water partition coefficient (Wildman–Crippen LogP) is 20.8. The van der Waals surface area contributed by atoms with Gasteiger partial charge in [0.1, 0.15) is 0 Å². The first-order valence-corrected chi connectivity index (χ1v) is 26.2. The summed E-state index contributed by atoms with van der Waals surface area (Å²) in [7, 11) is 0. The zero-order chi connectivity index (χ0) is 47.8. The largest absolute Gasteiger partial charge is 0.135 e. The van der Waals surface area contributed by atoms with Gasteiger partial charge < -0.3 is 0 Å². The van der Waals surface area contributed by atoms with Crippen LogP contribution < -0.4 is 0 Å². The number of hydrogen-bond acceptors (Lipinski definition) is 2. The molecule has 2 heterocycles. The van der Waals surface area contributed by atoms with Crippen molar-refractivity contribution in [1.82, 2.24) is 0 Å². The minimum Gasteiger partial charge on any atom is -0.135 e. The van der Waals surface area contributed by atoms with Crippen LogP contribution in [-0.4, -0.2) is 0 Å². The lowest BCUT2D eigenvalue weighted by Crippen LogP contribution is -1.92. The molecule has 72 heavy (non-hydrogen) atoms. The van der Waals surface area contributed by atoms with E-state index in [4.69, 9.17) is 0 Å². The van der Waals surface area contributed by atoms with Gasteiger partial charge in [-0.25, -0.2) is 0 Å². The Bertz CT molecular complexity index is 4140. The minimum absolute atomic E-state index is 1.18. The van der Waals surface area contributed by atoms with Crippen molar-refractivity contribution in [2.45, 2.75) is 0 Å². The summed E-state index contributed by atoms with van der Waals surface area (Å²) >= 11 is 3.70. The number of rotatable bonds is 10. The molecule has 11 aromatic carbocycles. The topological polar surface area (TPSA) is 0 Å². The fraction of sp³-hybridized carbons (Fsp3) is 0. The van der Waals surface area contributed by atoms with Crippen LogP contribution in [0.1, 0.15) is 11.1 Å². The van der Waals surface area contributed by atoms with Gasteiger partial charge in [0.2, 0.25) is 0 Å². The van der Waals surface area contributed by atoms with E-state index >= 15 is 0 Å². The maximum Gasteiger partial charge on any atom is 0.0349 e. The van der Waals surface area contributed by atoms with Crippen LogP contribution in [-0.2, 0) is 0 Å². The number of benzene rings is 11. The molecule has 13 rings (SSSR count). The standard InChI is InChI=1S/C70H46S2/c1-4-15-47(16-5-1)29-30-48-17-12-22-51(41-48)52-31-32-54-43-55(34-33-53(54)42-52)56-35-36-63-64(46-56)70(60-26-14-24-58(45-60)68-40-38-66(72-68)50-20-8-3-9-21-50)62-28-11-10-27-61(62)69(63)59-25-13-23-57(44-59)67-39-37-65(71-67)49-18-6-2-7-19-49/h1-46H. The van der Waals surface area contributed by atoms with E-state index in [1.165, 1.54) is 130 Å². The molecule has 0 bridgehead atoms. The monoisotopic (exact) mass is 950 g/mol. The summed E-state index contributed by atoms with van der Waals surface area (Å²) < 4.78 is 0. The normalized spacial score (nSPS) is 11.6. The van der Waals surface area contributed by atoms with Crippen molar-refractivity contribution in [1.29, 1.82) is 0 Å². The summed E-state index contributed by atoms with van der Waals surface area (Å²) in [6, 6.07) is 98.1. The maximum absolute atomic E-state index is 2.45. The van der Waals surface area contributed by atoms with Crippen molar-refractivity contribution in [3.8, 4) is 86.3 Å². The second-order valence-electron chi connectivity index (χ2n) is 18.4. The Kier molecular flexibility index (Phi) is 11.4. The number of thiophene rings is 2. The van der Waals surface area contributed by atoms with Crippen molar-refractivity contribution >= 4 is 67.1 Å². The van der Waals surface area contributed by atoms with Crippen LogP contribution in [0.5, 0.6) is 0 Å². The zero-order valence-electron chi connectivity index (χ0n) is 39.4. The van der Waals surface area contributed by atoms with E-state index in [-0.39, 0.29) is 0 Å². The lowest BCUT2D eigenvalue weighted by Gasteiger charge is -2.19. The molecule has 0 aliphatic rings. The first kappa shape index (κ1) is 43.4. The first-order valence-electron chi connectivity index (χ1n) is 24.5. The van der Waals surface area contributed by atoms with Gasteiger partial charge in [0, 0.05) is 19.5 Å². The smallest absolute Gasteiger partial charge is 0.0349 e. The third-order valence-electron chi connectivity index (χ3n) is 13.9. The van der Waals surface area contributed by atoms with Gasteiger partial charge in [0.05, 0.1) is 0 Å². The van der Waals surface area contributed by atoms with Gasteiger partial charge in [-0.05, 0) is 171 Å². The molecule has 0 aliphatic heterocycles. The molecule has 0 atom stereocenters. The summed E-state index contributed by atoms with van der Waals surface area (Å²) in [4.78, 5) is 5.07. The summed E-state index contributed by atoms with van der Waals surface area (Å²) in [6.45, 7) is 0. The lowest BCUT2D eigenvalue weighted by atomic mass is 9.84. The van der Waals surface area contributed by atoms with Gasteiger partial charge in [0.15, 0.2) is 0 Å². The Hall–Kier alpha value is -8.66. The molecular formula is C70H46S2. The highest BCUT2D eigenvalue weighted by Crippen LogP contribution is 2.47. The molecule has 0 radical (unpaired) electrons. The van der Waals surface area contributed by atoms with E-state index in [1.807, 2.05) is 22.7 Å². The van der Waals surface area contributed by atoms with Crippen LogP contribution in [0.25, 0.3) is 131 Å². The highest BCUT2D eigenvalue weighted by molar-refractivity contribution is 7.19. The molecule has 2 heteroatoms. The first-order chi connectivity index (χ1) is 35.6. The van der Waals surface area contributed by atoms with Crippen molar-refractivity contribution in [3.05, 3.63) is 278 Å². The maximum atomic E-state index is 2.45. The number of hydrogen-bond donors (Lipinski definition) is 0. The van der Waals surface area contributed by atoms with Gasteiger partial charge >= 0.3 is 0 Å². The highest BCUT2D eigenvalue weighted by Gasteiger charge is 2.19. The van der Waals surface area contributed by atoms with Crippen LogP contribution in [0.4, 0.5) is 0 Å². The zero-order valence-corrected chi connectivity index (χ0v) is 41.0.